The summed E-state index contributed by atoms with van der Waals surface area (Å²) in [6.45, 7) is 5.53. The van der Waals surface area contributed by atoms with Crippen molar-refractivity contribution in [2.24, 2.45) is 0 Å². The lowest BCUT2D eigenvalue weighted by Crippen LogP contribution is -2.39. The average molecular weight is 279 g/mol. The highest BCUT2D eigenvalue weighted by molar-refractivity contribution is 5.99. The number of para-hydroxylation sites is 1. The lowest BCUT2D eigenvalue weighted by atomic mass is 10.1. The summed E-state index contributed by atoms with van der Waals surface area (Å²) in [4.78, 5) is 14.0. The van der Waals surface area contributed by atoms with Crippen molar-refractivity contribution in [2.45, 2.75) is 26.8 Å². The van der Waals surface area contributed by atoms with Gasteiger partial charge in [-0.25, -0.2) is 4.39 Å². The first kappa shape index (κ1) is 14.5. The van der Waals surface area contributed by atoms with Gasteiger partial charge >= 0.3 is 0 Å². The Kier molecular flexibility index (Phi) is 4.09. The van der Waals surface area contributed by atoms with Crippen molar-refractivity contribution < 1.29 is 18.7 Å². The number of halogens is 1. The van der Waals surface area contributed by atoms with Crippen LogP contribution in [0.3, 0.4) is 0 Å². The van der Waals surface area contributed by atoms with Gasteiger partial charge in [-0.2, -0.15) is 0 Å². The first-order chi connectivity index (χ1) is 9.47. The van der Waals surface area contributed by atoms with Crippen molar-refractivity contribution in [2.75, 3.05) is 13.2 Å². The van der Waals surface area contributed by atoms with Crippen LogP contribution in [0.15, 0.2) is 22.6 Å². The molecule has 1 N–H and O–H groups in total. The number of furan rings is 1. The number of fused-ring (bicyclic) bond motifs is 1. The van der Waals surface area contributed by atoms with Crippen molar-refractivity contribution in [3.05, 3.63) is 35.3 Å². The van der Waals surface area contributed by atoms with Gasteiger partial charge in [0.05, 0.1) is 6.61 Å². The quantitative estimate of drug-likeness (QED) is 0.936. The topological polar surface area (TPSA) is 53.7 Å². The van der Waals surface area contributed by atoms with E-state index >= 15 is 0 Å². The molecule has 0 unspecified atom stereocenters. The highest BCUT2D eigenvalue weighted by Crippen LogP contribution is 2.28. The molecular formula is C15H18FNO3. The zero-order valence-corrected chi connectivity index (χ0v) is 11.8. The number of carbonyl (C=O) groups is 1. The molecule has 20 heavy (non-hydrogen) atoms. The second kappa shape index (κ2) is 5.63. The van der Waals surface area contributed by atoms with Crippen LogP contribution in [0.25, 0.3) is 11.0 Å². The van der Waals surface area contributed by atoms with Crippen molar-refractivity contribution >= 4 is 16.9 Å². The number of carbonyl (C=O) groups excluding carboxylic acids is 1. The Bertz CT molecular complexity index is 633. The molecule has 0 atom stereocenters. The number of amides is 1. The Hall–Kier alpha value is -1.88. The van der Waals surface area contributed by atoms with Gasteiger partial charge in [0.15, 0.2) is 17.2 Å². The van der Waals surface area contributed by atoms with Crippen LogP contribution in [-0.4, -0.2) is 35.1 Å². The SMILES string of the molecule is Cc1c(C(=O)N(CCO)C(C)C)oc2c(F)cccc12. The van der Waals surface area contributed by atoms with E-state index in [0.29, 0.717) is 10.9 Å². The molecule has 108 valence electrons. The van der Waals surface area contributed by atoms with Crippen LogP contribution >= 0.6 is 0 Å². The summed E-state index contributed by atoms with van der Waals surface area (Å²) in [6.07, 6.45) is 0. The summed E-state index contributed by atoms with van der Waals surface area (Å²) in [5.41, 5.74) is 0.717. The molecule has 2 aromatic rings. The fourth-order valence-electron chi connectivity index (χ4n) is 2.25. The number of hydrogen-bond donors (Lipinski definition) is 1. The van der Waals surface area contributed by atoms with Gasteiger partial charge in [0.1, 0.15) is 0 Å². The minimum absolute atomic E-state index is 0.0768. The molecule has 1 aromatic carbocycles. The minimum Gasteiger partial charge on any atom is -0.448 e. The van der Waals surface area contributed by atoms with Gasteiger partial charge in [0, 0.05) is 23.5 Å². The molecule has 0 radical (unpaired) electrons. The summed E-state index contributed by atoms with van der Waals surface area (Å²) < 4.78 is 19.1. The smallest absolute Gasteiger partial charge is 0.290 e. The number of hydrogen-bond acceptors (Lipinski definition) is 3. The molecule has 0 saturated carbocycles. The number of nitrogens with zero attached hydrogens (tertiary/aromatic N) is 1. The average Bonchev–Trinajstić information content (AvgIpc) is 2.74. The van der Waals surface area contributed by atoms with E-state index in [-0.39, 0.29) is 36.4 Å². The standard InChI is InChI=1S/C15H18FNO3/c1-9(2)17(7-8-18)15(19)13-10(3)11-5-4-6-12(16)14(11)20-13/h4-6,9,18H,7-8H2,1-3H3. The first-order valence-electron chi connectivity index (χ1n) is 6.56. The molecule has 0 bridgehead atoms. The third-order valence-electron chi connectivity index (χ3n) is 3.34. The Morgan fingerprint density at radius 1 is 1.45 bits per heavy atom. The Labute approximate surface area is 116 Å². The highest BCUT2D eigenvalue weighted by Gasteiger charge is 2.25. The summed E-state index contributed by atoms with van der Waals surface area (Å²) in [5, 5.41) is 9.65. The number of aryl methyl sites for hydroxylation is 1. The van der Waals surface area contributed by atoms with Crippen LogP contribution in [0.1, 0.15) is 30.0 Å². The van der Waals surface area contributed by atoms with Gasteiger partial charge in [0.2, 0.25) is 0 Å². The maximum atomic E-state index is 13.7. The van der Waals surface area contributed by atoms with E-state index in [4.69, 9.17) is 9.52 Å². The largest absolute Gasteiger partial charge is 0.448 e. The van der Waals surface area contributed by atoms with Crippen LogP contribution < -0.4 is 0 Å². The Morgan fingerprint density at radius 2 is 2.15 bits per heavy atom. The van der Waals surface area contributed by atoms with Crippen molar-refractivity contribution in [3.63, 3.8) is 0 Å². The fraction of sp³-hybridized carbons (Fsp3) is 0.400. The van der Waals surface area contributed by atoms with Gasteiger partial charge in [-0.1, -0.05) is 12.1 Å². The van der Waals surface area contributed by atoms with E-state index in [1.807, 2.05) is 13.8 Å². The van der Waals surface area contributed by atoms with Crippen LogP contribution in [-0.2, 0) is 0 Å². The summed E-state index contributed by atoms with van der Waals surface area (Å²) in [7, 11) is 0. The molecule has 0 fully saturated rings. The van der Waals surface area contributed by atoms with E-state index in [1.54, 1.807) is 19.1 Å². The normalized spacial score (nSPS) is 11.3. The van der Waals surface area contributed by atoms with E-state index in [1.165, 1.54) is 11.0 Å². The molecule has 0 aliphatic carbocycles. The van der Waals surface area contributed by atoms with Crippen molar-refractivity contribution in [1.82, 2.24) is 4.90 Å². The van der Waals surface area contributed by atoms with Crippen LogP contribution in [0.5, 0.6) is 0 Å². The monoisotopic (exact) mass is 279 g/mol. The van der Waals surface area contributed by atoms with E-state index in [9.17, 15) is 9.18 Å². The molecule has 1 aromatic heterocycles. The molecule has 0 aliphatic heterocycles. The minimum atomic E-state index is -0.483. The zero-order chi connectivity index (χ0) is 14.9. The van der Waals surface area contributed by atoms with Crippen molar-refractivity contribution in [3.8, 4) is 0 Å². The Balaban J connectivity index is 2.49. The third-order valence-corrected chi connectivity index (χ3v) is 3.34. The van der Waals surface area contributed by atoms with Gasteiger partial charge in [0.25, 0.3) is 5.91 Å². The van der Waals surface area contributed by atoms with Crippen LogP contribution in [0.2, 0.25) is 0 Å². The van der Waals surface area contributed by atoms with E-state index in [2.05, 4.69) is 0 Å². The zero-order valence-electron chi connectivity index (χ0n) is 11.8. The van der Waals surface area contributed by atoms with Gasteiger partial charge in [-0.05, 0) is 26.8 Å². The van der Waals surface area contributed by atoms with Crippen molar-refractivity contribution in [1.29, 1.82) is 0 Å². The summed E-state index contributed by atoms with van der Waals surface area (Å²) in [5.74, 6) is -0.683. The molecule has 1 heterocycles. The predicted molar refractivity (Wildman–Crippen MR) is 74.2 cm³/mol. The second-order valence-corrected chi connectivity index (χ2v) is 4.99. The molecule has 0 spiro atoms. The highest BCUT2D eigenvalue weighted by atomic mass is 19.1. The van der Waals surface area contributed by atoms with Gasteiger partial charge in [-0.15, -0.1) is 0 Å². The van der Waals surface area contributed by atoms with Gasteiger partial charge in [-0.3, -0.25) is 4.79 Å². The maximum Gasteiger partial charge on any atom is 0.290 e. The number of benzene rings is 1. The lowest BCUT2D eigenvalue weighted by molar-refractivity contribution is 0.0634. The number of rotatable bonds is 4. The van der Waals surface area contributed by atoms with Crippen LogP contribution in [0, 0.1) is 12.7 Å². The summed E-state index contributed by atoms with van der Waals surface area (Å²) >= 11 is 0. The Morgan fingerprint density at radius 3 is 2.70 bits per heavy atom. The molecule has 1 amide bonds. The predicted octanol–water partition coefficient (Wildman–Crippen LogP) is 2.72. The van der Waals surface area contributed by atoms with E-state index in [0.717, 1.165) is 0 Å². The number of aliphatic hydroxyl groups excluding tert-OH is 1. The summed E-state index contributed by atoms with van der Waals surface area (Å²) in [6, 6.07) is 4.53. The fourth-order valence-corrected chi connectivity index (χ4v) is 2.25. The van der Waals surface area contributed by atoms with Crippen LogP contribution in [0.4, 0.5) is 4.39 Å². The second-order valence-electron chi connectivity index (χ2n) is 4.99. The molecular weight excluding hydrogens is 261 g/mol. The van der Waals surface area contributed by atoms with E-state index < -0.39 is 5.82 Å². The third kappa shape index (κ3) is 2.41. The molecule has 0 saturated heterocycles. The lowest BCUT2D eigenvalue weighted by Gasteiger charge is -2.25. The van der Waals surface area contributed by atoms with Gasteiger partial charge < -0.3 is 14.4 Å². The molecule has 5 heteroatoms. The maximum absolute atomic E-state index is 13.7. The molecule has 0 aliphatic rings. The first-order valence-corrected chi connectivity index (χ1v) is 6.56. The number of aliphatic hydroxyl groups is 1. The molecule has 2 rings (SSSR count). The molecule has 4 nitrogen and oxygen atoms in total.